The molecule has 0 spiro atoms. The summed E-state index contributed by atoms with van der Waals surface area (Å²) in [5.74, 6) is 0.516. The number of nitrogens with zero attached hydrogens (tertiary/aromatic N) is 2. The highest BCUT2D eigenvalue weighted by Crippen LogP contribution is 2.33. The first-order valence-electron chi connectivity index (χ1n) is 9.01. The molecule has 154 valence electrons. The van der Waals surface area contributed by atoms with Crippen LogP contribution in [0.15, 0.2) is 22.7 Å². The minimum atomic E-state index is -0.481. The number of methoxy groups -OCH3 is 1. The van der Waals surface area contributed by atoms with Crippen molar-refractivity contribution in [1.82, 2.24) is 15.8 Å². The minimum absolute atomic E-state index is 0. The van der Waals surface area contributed by atoms with Crippen molar-refractivity contribution in [2.24, 2.45) is 5.92 Å². The summed E-state index contributed by atoms with van der Waals surface area (Å²) < 4.78 is 24.2. The van der Waals surface area contributed by atoms with Crippen molar-refractivity contribution in [1.29, 1.82) is 0 Å². The summed E-state index contributed by atoms with van der Waals surface area (Å²) in [6.07, 6.45) is 2.07. The van der Waals surface area contributed by atoms with E-state index in [0.29, 0.717) is 35.2 Å². The van der Waals surface area contributed by atoms with Gasteiger partial charge in [0.15, 0.2) is 23.1 Å². The molecule has 0 aliphatic carbocycles. The smallest absolute Gasteiger partial charge is 0.259 e. The number of anilines is 1. The quantitative estimate of drug-likeness (QED) is 0.759. The summed E-state index contributed by atoms with van der Waals surface area (Å²) in [4.78, 5) is 14.6. The first-order valence-corrected chi connectivity index (χ1v) is 9.01. The number of halogens is 2. The zero-order chi connectivity index (χ0) is 19.4. The first-order chi connectivity index (χ1) is 13.0. The van der Waals surface area contributed by atoms with Crippen LogP contribution in [0.4, 0.5) is 10.2 Å². The number of hydrogen-bond acceptors (Lipinski definition) is 6. The lowest BCUT2D eigenvalue weighted by molar-refractivity contribution is 0.0945. The SMILES string of the molecule is COc1cc(-c2onc(N(C)C)c2C(=O)NCC2CCNCC2)ccc1F.Cl. The predicted molar refractivity (Wildman–Crippen MR) is 108 cm³/mol. The Labute approximate surface area is 170 Å². The Hall–Kier alpha value is -2.32. The van der Waals surface area contributed by atoms with Crippen molar-refractivity contribution < 1.29 is 18.4 Å². The first kappa shape index (κ1) is 22.0. The fourth-order valence-electron chi connectivity index (χ4n) is 3.20. The molecule has 9 heteroatoms. The molecule has 0 unspecified atom stereocenters. The van der Waals surface area contributed by atoms with Gasteiger partial charge in [-0.3, -0.25) is 4.79 Å². The van der Waals surface area contributed by atoms with Crippen LogP contribution in [0.1, 0.15) is 23.2 Å². The summed E-state index contributed by atoms with van der Waals surface area (Å²) in [5, 5.41) is 10.3. The zero-order valence-electron chi connectivity index (χ0n) is 16.3. The van der Waals surface area contributed by atoms with Gasteiger partial charge in [0.05, 0.1) is 7.11 Å². The van der Waals surface area contributed by atoms with Gasteiger partial charge < -0.3 is 24.8 Å². The Balaban J connectivity index is 0.00000280. The van der Waals surface area contributed by atoms with Gasteiger partial charge in [-0.25, -0.2) is 4.39 Å². The molecule has 1 fully saturated rings. The summed E-state index contributed by atoms with van der Waals surface area (Å²) in [7, 11) is 4.97. The molecule has 7 nitrogen and oxygen atoms in total. The maximum Gasteiger partial charge on any atom is 0.259 e. The molecular weight excluding hydrogens is 387 g/mol. The van der Waals surface area contributed by atoms with Gasteiger partial charge >= 0.3 is 0 Å². The number of nitrogens with one attached hydrogen (secondary N) is 2. The van der Waals surface area contributed by atoms with E-state index >= 15 is 0 Å². The monoisotopic (exact) mass is 412 g/mol. The number of carbonyl (C=O) groups excluding carboxylic acids is 1. The minimum Gasteiger partial charge on any atom is -0.494 e. The molecule has 1 amide bonds. The molecule has 1 aliphatic heterocycles. The van der Waals surface area contributed by atoms with E-state index in [2.05, 4.69) is 15.8 Å². The van der Waals surface area contributed by atoms with Crippen LogP contribution >= 0.6 is 12.4 Å². The normalized spacial score (nSPS) is 14.3. The lowest BCUT2D eigenvalue weighted by atomic mass is 9.98. The lowest BCUT2D eigenvalue weighted by Gasteiger charge is -2.22. The third-order valence-corrected chi connectivity index (χ3v) is 4.75. The van der Waals surface area contributed by atoms with E-state index in [4.69, 9.17) is 9.26 Å². The van der Waals surface area contributed by atoms with Crippen molar-refractivity contribution in [3.63, 3.8) is 0 Å². The summed E-state index contributed by atoms with van der Waals surface area (Å²) in [6.45, 7) is 2.54. The molecule has 2 N–H and O–H groups in total. The largest absolute Gasteiger partial charge is 0.494 e. The number of rotatable bonds is 6. The van der Waals surface area contributed by atoms with Gasteiger partial charge in [0.1, 0.15) is 5.56 Å². The van der Waals surface area contributed by atoms with Crippen LogP contribution in [-0.2, 0) is 0 Å². The Kier molecular flexibility index (Phi) is 7.65. The van der Waals surface area contributed by atoms with Gasteiger partial charge in [0.2, 0.25) is 0 Å². The molecule has 1 aromatic carbocycles. The number of benzene rings is 1. The fourth-order valence-corrected chi connectivity index (χ4v) is 3.20. The topological polar surface area (TPSA) is 79.6 Å². The highest BCUT2D eigenvalue weighted by molar-refractivity contribution is 6.04. The Morgan fingerprint density at radius 2 is 2.11 bits per heavy atom. The number of piperidine rings is 1. The molecular formula is C19H26ClFN4O3. The number of ether oxygens (including phenoxy) is 1. The molecule has 0 radical (unpaired) electrons. The second-order valence-corrected chi connectivity index (χ2v) is 6.86. The van der Waals surface area contributed by atoms with Gasteiger partial charge in [0, 0.05) is 26.2 Å². The molecule has 1 saturated heterocycles. The van der Waals surface area contributed by atoms with Crippen LogP contribution in [0.25, 0.3) is 11.3 Å². The molecule has 0 atom stereocenters. The van der Waals surface area contributed by atoms with Crippen LogP contribution < -0.4 is 20.3 Å². The molecule has 28 heavy (non-hydrogen) atoms. The lowest BCUT2D eigenvalue weighted by Crippen LogP contribution is -2.36. The van der Waals surface area contributed by atoms with Crippen LogP contribution in [0, 0.1) is 11.7 Å². The fraction of sp³-hybridized carbons (Fsp3) is 0.474. The van der Waals surface area contributed by atoms with E-state index in [1.165, 1.54) is 19.2 Å². The van der Waals surface area contributed by atoms with Gasteiger partial charge in [-0.1, -0.05) is 5.16 Å². The number of aromatic nitrogens is 1. The third-order valence-electron chi connectivity index (χ3n) is 4.75. The molecule has 2 heterocycles. The summed E-state index contributed by atoms with van der Waals surface area (Å²) in [6, 6.07) is 4.32. The Bertz CT molecular complexity index is 806. The van der Waals surface area contributed by atoms with Crippen molar-refractivity contribution in [2.75, 3.05) is 45.7 Å². The van der Waals surface area contributed by atoms with Crippen molar-refractivity contribution in [3.8, 4) is 17.1 Å². The standard InChI is InChI=1S/C19H25FN4O3.ClH/c1-24(2)18-16(19(25)22-11-12-6-8-21-9-7-12)17(27-23-18)13-4-5-14(20)15(10-13)26-3;/h4-5,10,12,21H,6-9,11H2,1-3H3,(H,22,25);1H. The van der Waals surface area contributed by atoms with Gasteiger partial charge in [0.25, 0.3) is 5.91 Å². The van der Waals surface area contributed by atoms with Crippen LogP contribution in [0.2, 0.25) is 0 Å². The van der Waals surface area contributed by atoms with E-state index in [1.807, 2.05) is 0 Å². The molecule has 3 rings (SSSR count). The van der Waals surface area contributed by atoms with E-state index in [1.54, 1.807) is 25.1 Å². The van der Waals surface area contributed by atoms with Crippen molar-refractivity contribution in [3.05, 3.63) is 29.6 Å². The number of hydrogen-bond donors (Lipinski definition) is 2. The van der Waals surface area contributed by atoms with Crippen LogP contribution in [0.5, 0.6) is 5.75 Å². The van der Waals surface area contributed by atoms with Crippen molar-refractivity contribution >= 4 is 24.1 Å². The Morgan fingerprint density at radius 3 is 2.75 bits per heavy atom. The molecule has 2 aromatic rings. The van der Waals surface area contributed by atoms with E-state index in [9.17, 15) is 9.18 Å². The molecule has 1 aromatic heterocycles. The van der Waals surface area contributed by atoms with E-state index in [-0.39, 0.29) is 24.1 Å². The highest BCUT2D eigenvalue weighted by Gasteiger charge is 2.26. The van der Waals surface area contributed by atoms with Crippen LogP contribution in [-0.4, -0.2) is 51.9 Å². The average molecular weight is 413 g/mol. The predicted octanol–water partition coefficient (Wildman–Crippen LogP) is 2.71. The third kappa shape index (κ3) is 4.74. The van der Waals surface area contributed by atoms with Gasteiger partial charge in [-0.15, -0.1) is 12.4 Å². The van der Waals surface area contributed by atoms with Gasteiger partial charge in [-0.05, 0) is 50.0 Å². The molecule has 0 bridgehead atoms. The summed E-state index contributed by atoms with van der Waals surface area (Å²) >= 11 is 0. The molecule has 0 saturated carbocycles. The van der Waals surface area contributed by atoms with Crippen LogP contribution in [0.3, 0.4) is 0 Å². The van der Waals surface area contributed by atoms with Gasteiger partial charge in [-0.2, -0.15) is 0 Å². The second kappa shape index (κ2) is 9.75. The second-order valence-electron chi connectivity index (χ2n) is 6.86. The highest BCUT2D eigenvalue weighted by atomic mass is 35.5. The molecule has 1 aliphatic rings. The summed E-state index contributed by atoms with van der Waals surface area (Å²) in [5.41, 5.74) is 0.864. The van der Waals surface area contributed by atoms with E-state index < -0.39 is 5.82 Å². The number of amides is 1. The maximum atomic E-state index is 13.7. The zero-order valence-corrected chi connectivity index (χ0v) is 17.1. The van der Waals surface area contributed by atoms with Crippen molar-refractivity contribution in [2.45, 2.75) is 12.8 Å². The average Bonchev–Trinajstić information content (AvgIpc) is 3.13. The Morgan fingerprint density at radius 1 is 1.39 bits per heavy atom. The maximum absolute atomic E-state index is 13.7. The number of carbonyl (C=O) groups is 1. The van der Waals surface area contributed by atoms with E-state index in [0.717, 1.165) is 25.9 Å².